The molecule has 1 rings (SSSR count). The predicted molar refractivity (Wildman–Crippen MR) is 75.6 cm³/mol. The van der Waals surface area contributed by atoms with Crippen molar-refractivity contribution in [1.82, 2.24) is 5.32 Å². The van der Waals surface area contributed by atoms with E-state index in [9.17, 15) is 0 Å². The van der Waals surface area contributed by atoms with E-state index in [1.807, 2.05) is 19.2 Å². The third-order valence-electron chi connectivity index (χ3n) is 3.12. The van der Waals surface area contributed by atoms with Crippen molar-refractivity contribution in [2.24, 2.45) is 0 Å². The van der Waals surface area contributed by atoms with Gasteiger partial charge in [0, 0.05) is 6.07 Å². The van der Waals surface area contributed by atoms with Crippen LogP contribution in [0.3, 0.4) is 0 Å². The average Bonchev–Trinajstić information content (AvgIpc) is 2.42. The zero-order valence-electron chi connectivity index (χ0n) is 11.8. The summed E-state index contributed by atoms with van der Waals surface area (Å²) in [5.74, 6) is 1.79. The van der Waals surface area contributed by atoms with Gasteiger partial charge in [0.1, 0.15) is 11.5 Å². The van der Waals surface area contributed by atoms with Crippen molar-refractivity contribution in [3.63, 3.8) is 0 Å². The molecular formula is C15H25NO2. The summed E-state index contributed by atoms with van der Waals surface area (Å²) in [4.78, 5) is 0. The van der Waals surface area contributed by atoms with Gasteiger partial charge < -0.3 is 14.8 Å². The van der Waals surface area contributed by atoms with Crippen LogP contribution in [0, 0.1) is 0 Å². The molecule has 0 aromatic heterocycles. The van der Waals surface area contributed by atoms with E-state index in [1.54, 1.807) is 14.2 Å². The van der Waals surface area contributed by atoms with E-state index >= 15 is 0 Å². The first-order valence-corrected chi connectivity index (χ1v) is 6.67. The van der Waals surface area contributed by atoms with Gasteiger partial charge in [0.25, 0.3) is 0 Å². The van der Waals surface area contributed by atoms with Crippen molar-refractivity contribution < 1.29 is 9.47 Å². The number of hydrogen-bond acceptors (Lipinski definition) is 3. The molecule has 0 radical (unpaired) electrons. The number of unbranched alkanes of at least 4 members (excludes halogenated alkanes) is 3. The van der Waals surface area contributed by atoms with Gasteiger partial charge >= 0.3 is 0 Å². The molecule has 1 N–H and O–H groups in total. The van der Waals surface area contributed by atoms with Gasteiger partial charge in [0.15, 0.2) is 0 Å². The highest BCUT2D eigenvalue weighted by molar-refractivity contribution is 5.40. The van der Waals surface area contributed by atoms with E-state index < -0.39 is 0 Å². The molecule has 0 spiro atoms. The van der Waals surface area contributed by atoms with Crippen molar-refractivity contribution >= 4 is 0 Å². The van der Waals surface area contributed by atoms with Crippen LogP contribution in [-0.4, -0.2) is 27.8 Å². The topological polar surface area (TPSA) is 30.5 Å². The van der Waals surface area contributed by atoms with Crippen LogP contribution >= 0.6 is 0 Å². The lowest BCUT2D eigenvalue weighted by atomic mass is 10.0. The summed E-state index contributed by atoms with van der Waals surface area (Å²) < 4.78 is 10.6. The summed E-state index contributed by atoms with van der Waals surface area (Å²) in [6.45, 7) is 1.12. The monoisotopic (exact) mass is 251 g/mol. The number of aryl methyl sites for hydroxylation is 1. The Kier molecular flexibility index (Phi) is 7.26. The first kappa shape index (κ1) is 14.8. The largest absolute Gasteiger partial charge is 0.497 e. The first-order chi connectivity index (χ1) is 8.81. The molecule has 0 heterocycles. The van der Waals surface area contributed by atoms with E-state index in [0.717, 1.165) is 24.5 Å². The first-order valence-electron chi connectivity index (χ1n) is 6.67. The maximum atomic E-state index is 5.39. The molecule has 0 amide bonds. The summed E-state index contributed by atoms with van der Waals surface area (Å²) >= 11 is 0. The maximum absolute atomic E-state index is 5.39. The number of benzene rings is 1. The zero-order chi connectivity index (χ0) is 13.2. The summed E-state index contributed by atoms with van der Waals surface area (Å²) in [5.41, 5.74) is 1.27. The number of hydrogen-bond donors (Lipinski definition) is 1. The van der Waals surface area contributed by atoms with Gasteiger partial charge in [-0.15, -0.1) is 0 Å². The highest BCUT2D eigenvalue weighted by Gasteiger charge is 2.04. The molecule has 0 atom stereocenters. The summed E-state index contributed by atoms with van der Waals surface area (Å²) in [6, 6.07) is 6.06. The quantitative estimate of drug-likeness (QED) is 0.684. The lowest BCUT2D eigenvalue weighted by molar-refractivity contribution is 0.390. The van der Waals surface area contributed by atoms with Crippen LogP contribution < -0.4 is 14.8 Å². The molecule has 0 saturated heterocycles. The minimum Gasteiger partial charge on any atom is -0.497 e. The van der Waals surface area contributed by atoms with Crippen LogP contribution in [-0.2, 0) is 6.42 Å². The highest BCUT2D eigenvalue weighted by atomic mass is 16.5. The normalized spacial score (nSPS) is 10.4. The second kappa shape index (κ2) is 8.81. The van der Waals surface area contributed by atoms with E-state index in [-0.39, 0.29) is 0 Å². The van der Waals surface area contributed by atoms with Crippen LogP contribution in [0.15, 0.2) is 18.2 Å². The lowest BCUT2D eigenvalue weighted by Crippen LogP contribution is -2.06. The number of rotatable bonds is 9. The van der Waals surface area contributed by atoms with Crippen LogP contribution in [0.5, 0.6) is 11.5 Å². The second-order valence-electron chi connectivity index (χ2n) is 4.45. The van der Waals surface area contributed by atoms with Crippen molar-refractivity contribution in [3.8, 4) is 11.5 Å². The molecule has 0 fully saturated rings. The highest BCUT2D eigenvalue weighted by Crippen LogP contribution is 2.26. The Hall–Kier alpha value is -1.22. The summed E-state index contributed by atoms with van der Waals surface area (Å²) in [5, 5.41) is 3.17. The standard InChI is InChI=1S/C15H25NO2/c1-16-11-7-5-4-6-8-13-9-10-14(17-2)12-15(13)18-3/h9-10,12,16H,4-8,11H2,1-3H3. The Morgan fingerprint density at radius 1 is 1.00 bits per heavy atom. The molecule has 0 saturated carbocycles. The molecular weight excluding hydrogens is 226 g/mol. The fourth-order valence-electron chi connectivity index (χ4n) is 2.03. The number of nitrogens with one attached hydrogen (secondary N) is 1. The van der Waals surface area contributed by atoms with Gasteiger partial charge in [-0.05, 0) is 44.5 Å². The second-order valence-corrected chi connectivity index (χ2v) is 4.45. The smallest absolute Gasteiger partial charge is 0.125 e. The summed E-state index contributed by atoms with van der Waals surface area (Å²) in [7, 11) is 5.39. The molecule has 102 valence electrons. The van der Waals surface area contributed by atoms with E-state index in [4.69, 9.17) is 9.47 Å². The Balaban J connectivity index is 2.37. The van der Waals surface area contributed by atoms with Crippen LogP contribution in [0.2, 0.25) is 0 Å². The zero-order valence-corrected chi connectivity index (χ0v) is 11.8. The minimum absolute atomic E-state index is 0.852. The Bertz CT molecular complexity index is 339. The molecule has 1 aromatic rings. The van der Waals surface area contributed by atoms with Gasteiger partial charge in [0.2, 0.25) is 0 Å². The van der Waals surface area contributed by atoms with Crippen LogP contribution in [0.4, 0.5) is 0 Å². The molecule has 1 aromatic carbocycles. The molecule has 0 bridgehead atoms. The van der Waals surface area contributed by atoms with Crippen LogP contribution in [0.1, 0.15) is 31.2 Å². The van der Waals surface area contributed by atoms with Gasteiger partial charge in [-0.3, -0.25) is 0 Å². The average molecular weight is 251 g/mol. The Morgan fingerprint density at radius 2 is 1.78 bits per heavy atom. The number of methoxy groups -OCH3 is 2. The lowest BCUT2D eigenvalue weighted by Gasteiger charge is -2.10. The fraction of sp³-hybridized carbons (Fsp3) is 0.600. The van der Waals surface area contributed by atoms with Gasteiger partial charge in [-0.1, -0.05) is 18.9 Å². The SMILES string of the molecule is CNCCCCCCc1ccc(OC)cc1OC. The van der Waals surface area contributed by atoms with E-state index in [0.29, 0.717) is 0 Å². The third-order valence-corrected chi connectivity index (χ3v) is 3.12. The van der Waals surface area contributed by atoms with Crippen molar-refractivity contribution in [2.75, 3.05) is 27.8 Å². The fourth-order valence-corrected chi connectivity index (χ4v) is 2.03. The van der Waals surface area contributed by atoms with Gasteiger partial charge in [-0.2, -0.15) is 0 Å². The predicted octanol–water partition coefficient (Wildman–Crippen LogP) is 3.03. The Labute approximate surface area is 110 Å². The van der Waals surface area contributed by atoms with Crippen molar-refractivity contribution in [2.45, 2.75) is 32.1 Å². The number of ether oxygens (including phenoxy) is 2. The molecule has 0 aliphatic rings. The third kappa shape index (κ3) is 4.96. The van der Waals surface area contributed by atoms with E-state index in [2.05, 4.69) is 11.4 Å². The van der Waals surface area contributed by atoms with E-state index in [1.165, 1.54) is 31.2 Å². The molecule has 18 heavy (non-hydrogen) atoms. The molecule has 0 aliphatic carbocycles. The molecule has 3 heteroatoms. The van der Waals surface area contributed by atoms with Crippen molar-refractivity contribution in [3.05, 3.63) is 23.8 Å². The molecule has 3 nitrogen and oxygen atoms in total. The minimum atomic E-state index is 0.852. The van der Waals surface area contributed by atoms with Gasteiger partial charge in [0.05, 0.1) is 14.2 Å². The Morgan fingerprint density at radius 3 is 2.44 bits per heavy atom. The van der Waals surface area contributed by atoms with Crippen molar-refractivity contribution in [1.29, 1.82) is 0 Å². The molecule has 0 unspecified atom stereocenters. The van der Waals surface area contributed by atoms with Gasteiger partial charge in [-0.25, -0.2) is 0 Å². The maximum Gasteiger partial charge on any atom is 0.125 e. The summed E-state index contributed by atoms with van der Waals surface area (Å²) in [6.07, 6.45) is 6.12. The van der Waals surface area contributed by atoms with Crippen LogP contribution in [0.25, 0.3) is 0 Å². The molecule has 0 aliphatic heterocycles.